The summed E-state index contributed by atoms with van der Waals surface area (Å²) in [7, 11) is 0. The maximum atomic E-state index is 12.9. The standard InChI is InChI=1S/C17H14FN5O2S/c1-11(24)12-2-8-15(9-3-12)23-17(20-21-22-23)26-10-16(25)19-14-6-4-13(18)5-7-14/h2-9H,10H2,1H3,(H,19,25). The van der Waals surface area contributed by atoms with E-state index in [4.69, 9.17) is 0 Å². The van der Waals surface area contributed by atoms with Crippen molar-refractivity contribution in [3.05, 3.63) is 59.9 Å². The van der Waals surface area contributed by atoms with Gasteiger partial charge in [0, 0.05) is 11.3 Å². The normalized spacial score (nSPS) is 10.5. The number of carbonyl (C=O) groups is 2. The maximum absolute atomic E-state index is 12.9. The molecular formula is C17H14FN5O2S. The lowest BCUT2D eigenvalue weighted by atomic mass is 10.1. The molecule has 0 bridgehead atoms. The third-order valence-electron chi connectivity index (χ3n) is 3.42. The highest BCUT2D eigenvalue weighted by molar-refractivity contribution is 7.99. The van der Waals surface area contributed by atoms with Crippen molar-refractivity contribution in [1.29, 1.82) is 0 Å². The Morgan fingerprint density at radius 1 is 1.12 bits per heavy atom. The first-order valence-corrected chi connectivity index (χ1v) is 8.59. The fraction of sp³-hybridized carbons (Fsp3) is 0.118. The maximum Gasteiger partial charge on any atom is 0.234 e. The number of Topliss-reactive ketones (excluding diaryl/α,β-unsaturated/α-hetero) is 1. The van der Waals surface area contributed by atoms with Crippen LogP contribution in [0.4, 0.5) is 10.1 Å². The number of tetrazole rings is 1. The van der Waals surface area contributed by atoms with Crippen molar-refractivity contribution < 1.29 is 14.0 Å². The highest BCUT2D eigenvalue weighted by Gasteiger charge is 2.12. The van der Waals surface area contributed by atoms with Gasteiger partial charge in [-0.15, -0.1) is 5.10 Å². The quantitative estimate of drug-likeness (QED) is 0.529. The minimum Gasteiger partial charge on any atom is -0.325 e. The van der Waals surface area contributed by atoms with Crippen LogP contribution in [0.3, 0.4) is 0 Å². The third kappa shape index (κ3) is 4.31. The van der Waals surface area contributed by atoms with Crippen LogP contribution in [0.5, 0.6) is 0 Å². The van der Waals surface area contributed by atoms with Crippen LogP contribution in [-0.2, 0) is 4.79 Å². The van der Waals surface area contributed by atoms with E-state index >= 15 is 0 Å². The number of halogens is 1. The summed E-state index contributed by atoms with van der Waals surface area (Å²) in [6, 6.07) is 12.4. The molecule has 0 aliphatic rings. The molecular weight excluding hydrogens is 357 g/mol. The second kappa shape index (κ2) is 7.87. The van der Waals surface area contributed by atoms with Gasteiger partial charge in [-0.25, -0.2) is 4.39 Å². The first kappa shape index (κ1) is 17.7. The molecule has 9 heteroatoms. The molecule has 1 N–H and O–H groups in total. The summed E-state index contributed by atoms with van der Waals surface area (Å²) >= 11 is 1.16. The third-order valence-corrected chi connectivity index (χ3v) is 4.34. The van der Waals surface area contributed by atoms with Gasteiger partial charge < -0.3 is 5.32 Å². The molecule has 1 aromatic heterocycles. The number of carbonyl (C=O) groups excluding carboxylic acids is 2. The zero-order valence-electron chi connectivity index (χ0n) is 13.7. The Labute approximate surface area is 152 Å². The zero-order chi connectivity index (χ0) is 18.5. The molecule has 7 nitrogen and oxygen atoms in total. The number of anilines is 1. The number of hydrogen-bond donors (Lipinski definition) is 1. The molecule has 3 rings (SSSR count). The fourth-order valence-electron chi connectivity index (χ4n) is 2.13. The van der Waals surface area contributed by atoms with Crippen LogP contribution < -0.4 is 5.32 Å². The van der Waals surface area contributed by atoms with Gasteiger partial charge >= 0.3 is 0 Å². The molecule has 132 valence electrons. The lowest BCUT2D eigenvalue weighted by Crippen LogP contribution is -2.14. The van der Waals surface area contributed by atoms with Gasteiger partial charge in [-0.3, -0.25) is 9.59 Å². The summed E-state index contributed by atoms with van der Waals surface area (Å²) in [5, 5.41) is 14.6. The van der Waals surface area contributed by atoms with E-state index < -0.39 is 0 Å². The molecule has 26 heavy (non-hydrogen) atoms. The second-order valence-electron chi connectivity index (χ2n) is 5.32. The van der Waals surface area contributed by atoms with E-state index in [1.165, 1.54) is 35.9 Å². The first-order valence-electron chi connectivity index (χ1n) is 7.61. The molecule has 0 saturated carbocycles. The first-order chi connectivity index (χ1) is 12.5. The molecule has 2 aromatic carbocycles. The van der Waals surface area contributed by atoms with Gasteiger partial charge in [0.05, 0.1) is 11.4 Å². The largest absolute Gasteiger partial charge is 0.325 e. The van der Waals surface area contributed by atoms with E-state index in [0.717, 1.165) is 11.8 Å². The summed E-state index contributed by atoms with van der Waals surface area (Å²) in [4.78, 5) is 23.4. The smallest absolute Gasteiger partial charge is 0.234 e. The molecule has 0 aliphatic heterocycles. The van der Waals surface area contributed by atoms with E-state index in [2.05, 4.69) is 20.8 Å². The van der Waals surface area contributed by atoms with Gasteiger partial charge in [0.25, 0.3) is 0 Å². The summed E-state index contributed by atoms with van der Waals surface area (Å²) in [6.45, 7) is 1.49. The number of nitrogens with zero attached hydrogens (tertiary/aromatic N) is 4. The topological polar surface area (TPSA) is 89.8 Å². The average molecular weight is 371 g/mol. The van der Waals surface area contributed by atoms with Crippen LogP contribution in [0.1, 0.15) is 17.3 Å². The Morgan fingerprint density at radius 2 is 1.81 bits per heavy atom. The molecule has 0 atom stereocenters. The minimum atomic E-state index is -0.368. The van der Waals surface area contributed by atoms with Crippen LogP contribution in [0.15, 0.2) is 53.7 Å². The average Bonchev–Trinajstić information content (AvgIpc) is 3.10. The number of ketones is 1. The SMILES string of the molecule is CC(=O)c1ccc(-n2nnnc2SCC(=O)Nc2ccc(F)cc2)cc1. The molecule has 0 fully saturated rings. The minimum absolute atomic E-state index is 0.0275. The molecule has 3 aromatic rings. The number of rotatable bonds is 6. The van der Waals surface area contributed by atoms with Crippen molar-refractivity contribution in [2.75, 3.05) is 11.1 Å². The molecule has 0 radical (unpaired) electrons. The van der Waals surface area contributed by atoms with E-state index in [9.17, 15) is 14.0 Å². The fourth-order valence-corrected chi connectivity index (χ4v) is 2.82. The summed E-state index contributed by atoms with van der Waals surface area (Å²) < 4.78 is 14.4. The Kier molecular flexibility index (Phi) is 5.37. The highest BCUT2D eigenvalue weighted by atomic mass is 32.2. The van der Waals surface area contributed by atoms with Crippen molar-refractivity contribution in [1.82, 2.24) is 20.2 Å². The van der Waals surface area contributed by atoms with Crippen molar-refractivity contribution in [2.24, 2.45) is 0 Å². The number of aromatic nitrogens is 4. The van der Waals surface area contributed by atoms with Crippen molar-refractivity contribution >= 4 is 29.1 Å². The van der Waals surface area contributed by atoms with Crippen molar-refractivity contribution in [3.8, 4) is 5.69 Å². The number of hydrogen-bond acceptors (Lipinski definition) is 6. The van der Waals surface area contributed by atoms with Crippen LogP contribution in [0.2, 0.25) is 0 Å². The lowest BCUT2D eigenvalue weighted by Gasteiger charge is -2.06. The molecule has 0 unspecified atom stereocenters. The zero-order valence-corrected chi connectivity index (χ0v) is 14.5. The number of benzene rings is 2. The highest BCUT2D eigenvalue weighted by Crippen LogP contribution is 2.19. The van der Waals surface area contributed by atoms with Gasteiger partial charge in [0.1, 0.15) is 5.82 Å². The lowest BCUT2D eigenvalue weighted by molar-refractivity contribution is -0.113. The van der Waals surface area contributed by atoms with Gasteiger partial charge in [-0.05, 0) is 65.9 Å². The van der Waals surface area contributed by atoms with E-state index in [1.54, 1.807) is 24.3 Å². The number of thioether (sulfide) groups is 1. The van der Waals surface area contributed by atoms with Crippen LogP contribution in [-0.4, -0.2) is 37.7 Å². The predicted molar refractivity (Wildman–Crippen MR) is 94.9 cm³/mol. The molecule has 0 aliphatic carbocycles. The monoisotopic (exact) mass is 371 g/mol. The predicted octanol–water partition coefficient (Wildman–Crippen LogP) is 2.73. The Balaban J connectivity index is 1.64. The number of nitrogens with one attached hydrogen (secondary N) is 1. The molecule has 0 saturated heterocycles. The Morgan fingerprint density at radius 3 is 2.46 bits per heavy atom. The summed E-state index contributed by atoms with van der Waals surface area (Å²) in [5.74, 6) is -0.570. The Hall–Kier alpha value is -3.07. The summed E-state index contributed by atoms with van der Waals surface area (Å²) in [6.07, 6.45) is 0. The molecule has 1 heterocycles. The van der Waals surface area contributed by atoms with Gasteiger partial charge in [0.15, 0.2) is 5.78 Å². The number of amides is 1. The van der Waals surface area contributed by atoms with E-state index in [0.29, 0.717) is 22.1 Å². The van der Waals surface area contributed by atoms with Crippen molar-refractivity contribution in [3.63, 3.8) is 0 Å². The van der Waals surface area contributed by atoms with Crippen LogP contribution in [0.25, 0.3) is 5.69 Å². The van der Waals surface area contributed by atoms with Crippen molar-refractivity contribution in [2.45, 2.75) is 12.1 Å². The second-order valence-corrected chi connectivity index (χ2v) is 6.26. The Bertz CT molecular complexity index is 925. The summed E-state index contributed by atoms with van der Waals surface area (Å²) in [5.41, 5.74) is 1.78. The molecule has 1 amide bonds. The van der Waals surface area contributed by atoms with Gasteiger partial charge in [0.2, 0.25) is 11.1 Å². The van der Waals surface area contributed by atoms with Gasteiger partial charge in [-0.2, -0.15) is 4.68 Å². The van der Waals surface area contributed by atoms with E-state index in [1.807, 2.05) is 0 Å². The van der Waals surface area contributed by atoms with E-state index in [-0.39, 0.29) is 23.3 Å². The molecule has 0 spiro atoms. The van der Waals surface area contributed by atoms with Gasteiger partial charge in [-0.1, -0.05) is 11.8 Å². The van der Waals surface area contributed by atoms with Crippen LogP contribution in [0, 0.1) is 5.82 Å². The van der Waals surface area contributed by atoms with Crippen LogP contribution >= 0.6 is 11.8 Å².